The lowest BCUT2D eigenvalue weighted by Gasteiger charge is -2.58. The Morgan fingerprint density at radius 1 is 1.11 bits per heavy atom. The number of aliphatic hydroxyl groups excluding tert-OH is 1. The molecule has 0 saturated heterocycles. The lowest BCUT2D eigenvalue weighted by Crippen LogP contribution is -2.53. The molecule has 4 aliphatic rings. The van der Waals surface area contributed by atoms with E-state index in [0.717, 1.165) is 36.6 Å². The van der Waals surface area contributed by atoms with E-state index in [4.69, 9.17) is 0 Å². The Morgan fingerprint density at radius 3 is 2.70 bits per heavy atom. The number of hydrogen-bond donors (Lipinski definition) is 2. The third-order valence-electron chi connectivity index (χ3n) is 9.25. The van der Waals surface area contributed by atoms with Crippen molar-refractivity contribution in [2.24, 2.45) is 28.6 Å². The van der Waals surface area contributed by atoms with E-state index in [1.165, 1.54) is 58.0 Å². The standard InChI is InChI=1S/C24H42N2O/c1-23-12-10-18(27)16-17(23)6-7-19-20-8-9-22(25-14-5-15-26(3)4)24(20,2)13-11-21(19)23/h6,18-22,25,27H,5,7-16H2,1-4H3/t18-,19-,20-,21-,22?,23-,24-/m0/s1. The van der Waals surface area contributed by atoms with Crippen LogP contribution >= 0.6 is 0 Å². The molecular weight excluding hydrogens is 332 g/mol. The largest absolute Gasteiger partial charge is 0.393 e. The van der Waals surface area contributed by atoms with Gasteiger partial charge < -0.3 is 15.3 Å². The van der Waals surface area contributed by atoms with E-state index < -0.39 is 0 Å². The number of hydrogen-bond acceptors (Lipinski definition) is 3. The van der Waals surface area contributed by atoms with Gasteiger partial charge >= 0.3 is 0 Å². The van der Waals surface area contributed by atoms with Crippen molar-refractivity contribution in [1.82, 2.24) is 10.2 Å². The molecule has 0 amide bonds. The van der Waals surface area contributed by atoms with Crippen molar-refractivity contribution in [2.75, 3.05) is 27.2 Å². The summed E-state index contributed by atoms with van der Waals surface area (Å²) in [5.74, 6) is 2.63. The Labute approximate surface area is 167 Å². The molecule has 3 fully saturated rings. The average Bonchev–Trinajstić information content (AvgIpc) is 2.96. The van der Waals surface area contributed by atoms with Gasteiger partial charge in [0.1, 0.15) is 0 Å². The van der Waals surface area contributed by atoms with Gasteiger partial charge in [-0.15, -0.1) is 0 Å². The second-order valence-corrected chi connectivity index (χ2v) is 10.9. The van der Waals surface area contributed by atoms with Crippen molar-refractivity contribution in [2.45, 2.75) is 83.8 Å². The van der Waals surface area contributed by atoms with E-state index in [-0.39, 0.29) is 6.10 Å². The fourth-order valence-corrected chi connectivity index (χ4v) is 7.65. The quantitative estimate of drug-likeness (QED) is 0.559. The summed E-state index contributed by atoms with van der Waals surface area (Å²) in [7, 11) is 4.34. The van der Waals surface area contributed by atoms with Crippen molar-refractivity contribution in [3.8, 4) is 0 Å². The fraction of sp³-hybridized carbons (Fsp3) is 0.917. The fourth-order valence-electron chi connectivity index (χ4n) is 7.65. The van der Waals surface area contributed by atoms with Gasteiger partial charge in [0, 0.05) is 6.04 Å². The molecule has 0 bridgehead atoms. The van der Waals surface area contributed by atoms with Gasteiger partial charge in [-0.05, 0) is 114 Å². The van der Waals surface area contributed by atoms with Gasteiger partial charge in [-0.25, -0.2) is 0 Å². The molecule has 0 spiro atoms. The van der Waals surface area contributed by atoms with E-state index in [0.29, 0.717) is 10.8 Å². The highest BCUT2D eigenvalue weighted by molar-refractivity contribution is 5.25. The molecule has 1 unspecified atom stereocenters. The second kappa shape index (κ2) is 7.46. The molecule has 3 heteroatoms. The monoisotopic (exact) mass is 374 g/mol. The van der Waals surface area contributed by atoms with Crippen LogP contribution in [0, 0.1) is 28.6 Å². The summed E-state index contributed by atoms with van der Waals surface area (Å²) >= 11 is 0. The first-order valence-electron chi connectivity index (χ1n) is 11.6. The van der Waals surface area contributed by atoms with Gasteiger partial charge in [0.2, 0.25) is 0 Å². The van der Waals surface area contributed by atoms with Gasteiger partial charge in [-0.3, -0.25) is 0 Å². The topological polar surface area (TPSA) is 35.5 Å². The minimum Gasteiger partial charge on any atom is -0.393 e. The Kier molecular flexibility index (Phi) is 5.50. The van der Waals surface area contributed by atoms with Crippen LogP contribution in [0.25, 0.3) is 0 Å². The number of nitrogens with zero attached hydrogens (tertiary/aromatic N) is 1. The molecular formula is C24H42N2O. The molecule has 154 valence electrons. The number of nitrogens with one attached hydrogen (secondary N) is 1. The minimum absolute atomic E-state index is 0.0861. The number of fused-ring (bicyclic) bond motifs is 5. The molecule has 4 aliphatic carbocycles. The molecule has 0 radical (unpaired) electrons. The lowest BCUT2D eigenvalue weighted by molar-refractivity contribution is -0.0433. The minimum atomic E-state index is -0.0861. The van der Waals surface area contributed by atoms with E-state index in [1.807, 2.05) is 0 Å². The van der Waals surface area contributed by atoms with Crippen LogP contribution in [0.5, 0.6) is 0 Å². The van der Waals surface area contributed by atoms with Crippen molar-refractivity contribution < 1.29 is 5.11 Å². The van der Waals surface area contributed by atoms with Crippen molar-refractivity contribution in [3.63, 3.8) is 0 Å². The zero-order valence-electron chi connectivity index (χ0n) is 18.1. The lowest BCUT2D eigenvalue weighted by atomic mass is 9.48. The molecule has 0 aromatic heterocycles. The molecule has 0 aromatic rings. The number of allylic oxidation sites excluding steroid dienone is 1. The molecule has 0 aromatic carbocycles. The maximum Gasteiger partial charge on any atom is 0.0577 e. The summed E-state index contributed by atoms with van der Waals surface area (Å²) in [6, 6.07) is 0.719. The first-order chi connectivity index (χ1) is 12.8. The van der Waals surface area contributed by atoms with Crippen LogP contribution in [-0.4, -0.2) is 49.3 Å². The van der Waals surface area contributed by atoms with Gasteiger partial charge in [0.25, 0.3) is 0 Å². The maximum absolute atomic E-state index is 10.2. The predicted octanol–water partition coefficient (Wildman–Crippen LogP) is 4.22. The van der Waals surface area contributed by atoms with Gasteiger partial charge in [0.05, 0.1) is 6.10 Å². The summed E-state index contributed by atoms with van der Waals surface area (Å²) in [6.45, 7) is 7.49. The zero-order valence-corrected chi connectivity index (χ0v) is 18.1. The van der Waals surface area contributed by atoms with Gasteiger partial charge in [-0.1, -0.05) is 25.5 Å². The van der Waals surface area contributed by atoms with Crippen LogP contribution in [0.2, 0.25) is 0 Å². The third kappa shape index (κ3) is 3.42. The summed E-state index contributed by atoms with van der Waals surface area (Å²) in [6.07, 6.45) is 13.8. The third-order valence-corrected chi connectivity index (χ3v) is 9.25. The van der Waals surface area contributed by atoms with Gasteiger partial charge in [-0.2, -0.15) is 0 Å². The van der Waals surface area contributed by atoms with Crippen LogP contribution in [0.4, 0.5) is 0 Å². The van der Waals surface area contributed by atoms with Gasteiger partial charge in [0.15, 0.2) is 0 Å². The smallest absolute Gasteiger partial charge is 0.0577 e. The first-order valence-corrected chi connectivity index (χ1v) is 11.6. The molecule has 0 aliphatic heterocycles. The maximum atomic E-state index is 10.2. The molecule has 7 atom stereocenters. The van der Waals surface area contributed by atoms with E-state index >= 15 is 0 Å². The summed E-state index contributed by atoms with van der Waals surface area (Å²) in [5.41, 5.74) is 2.47. The van der Waals surface area contributed by atoms with Crippen LogP contribution < -0.4 is 5.32 Å². The van der Waals surface area contributed by atoms with Crippen molar-refractivity contribution >= 4 is 0 Å². The summed E-state index contributed by atoms with van der Waals surface area (Å²) in [4.78, 5) is 2.29. The number of rotatable bonds is 5. The van der Waals surface area contributed by atoms with Crippen LogP contribution in [0.15, 0.2) is 11.6 Å². The van der Waals surface area contributed by atoms with E-state index in [2.05, 4.69) is 44.2 Å². The molecule has 0 heterocycles. The SMILES string of the molecule is CN(C)CCCNC1CC[C@H]2[C@@H]3CC=C4C[C@@H](O)CC[C@]4(C)[C@H]3CC[C@]12C. The highest BCUT2D eigenvalue weighted by atomic mass is 16.3. The normalized spacial score (nSPS) is 46.6. The summed E-state index contributed by atoms with van der Waals surface area (Å²) in [5, 5.41) is 14.1. The Bertz CT molecular complexity index is 573. The van der Waals surface area contributed by atoms with Crippen LogP contribution in [0.1, 0.15) is 71.6 Å². The first kappa shape index (κ1) is 19.9. The van der Waals surface area contributed by atoms with E-state index in [1.54, 1.807) is 5.57 Å². The highest BCUT2D eigenvalue weighted by Gasteiger charge is 2.58. The predicted molar refractivity (Wildman–Crippen MR) is 113 cm³/mol. The molecule has 3 nitrogen and oxygen atoms in total. The van der Waals surface area contributed by atoms with E-state index in [9.17, 15) is 5.11 Å². The Balaban J connectivity index is 1.46. The highest BCUT2D eigenvalue weighted by Crippen LogP contribution is 2.64. The molecule has 3 saturated carbocycles. The molecule has 2 N–H and O–H groups in total. The summed E-state index contributed by atoms with van der Waals surface area (Å²) < 4.78 is 0. The van der Waals surface area contributed by atoms with Crippen molar-refractivity contribution in [1.29, 1.82) is 0 Å². The zero-order chi connectivity index (χ0) is 19.2. The van der Waals surface area contributed by atoms with Crippen LogP contribution in [0.3, 0.4) is 0 Å². The molecule has 27 heavy (non-hydrogen) atoms. The molecule has 4 rings (SSSR count). The van der Waals surface area contributed by atoms with Crippen molar-refractivity contribution in [3.05, 3.63) is 11.6 Å². The number of aliphatic hydroxyl groups is 1. The second-order valence-electron chi connectivity index (χ2n) is 10.9. The Morgan fingerprint density at radius 2 is 1.93 bits per heavy atom. The Hall–Kier alpha value is -0.380. The average molecular weight is 375 g/mol. The van der Waals surface area contributed by atoms with Crippen LogP contribution in [-0.2, 0) is 0 Å².